The fourth-order valence-corrected chi connectivity index (χ4v) is 1.48. The van der Waals surface area contributed by atoms with E-state index in [-0.39, 0.29) is 0 Å². The monoisotopic (exact) mass is 172 g/mol. The molecule has 0 aromatic heterocycles. The Balaban J connectivity index is 1.94. The van der Waals surface area contributed by atoms with Crippen molar-refractivity contribution in [1.82, 2.24) is 0 Å². The highest BCUT2D eigenvalue weighted by Crippen LogP contribution is 2.16. The molecule has 1 atom stereocenters. The Morgan fingerprint density at radius 2 is 2.42 bits per heavy atom. The third-order valence-corrected chi connectivity index (χ3v) is 2.13. The lowest BCUT2D eigenvalue weighted by Gasteiger charge is -2.22. The molecule has 70 valence electrons. The van der Waals surface area contributed by atoms with E-state index in [1.165, 1.54) is 19.3 Å². The maximum Gasteiger partial charge on any atom is 0.293 e. The number of rotatable bonds is 5. The van der Waals surface area contributed by atoms with E-state index >= 15 is 0 Å². The van der Waals surface area contributed by atoms with Gasteiger partial charge >= 0.3 is 0 Å². The maximum absolute atomic E-state index is 9.80. The summed E-state index contributed by atoms with van der Waals surface area (Å²) in [6.07, 6.45) is 5.99. The first-order valence-corrected chi connectivity index (χ1v) is 4.60. The van der Waals surface area contributed by atoms with Gasteiger partial charge in [-0.15, -0.1) is 0 Å². The Morgan fingerprint density at radius 1 is 1.50 bits per heavy atom. The van der Waals surface area contributed by atoms with Crippen LogP contribution in [0.25, 0.3) is 0 Å². The minimum Gasteiger partial charge on any atom is -0.468 e. The van der Waals surface area contributed by atoms with Crippen LogP contribution in [0.3, 0.4) is 0 Å². The molecule has 0 aliphatic carbocycles. The van der Waals surface area contributed by atoms with Crippen LogP contribution in [0.4, 0.5) is 0 Å². The quantitative estimate of drug-likeness (QED) is 0.466. The normalized spacial score (nSPS) is 23.5. The van der Waals surface area contributed by atoms with Crippen LogP contribution in [-0.2, 0) is 14.3 Å². The van der Waals surface area contributed by atoms with E-state index in [1.54, 1.807) is 0 Å². The number of hydrogen-bond donors (Lipinski definition) is 0. The maximum atomic E-state index is 9.80. The summed E-state index contributed by atoms with van der Waals surface area (Å²) >= 11 is 0. The Kier molecular flexibility index (Phi) is 4.76. The first kappa shape index (κ1) is 9.52. The molecule has 0 aromatic carbocycles. The van der Waals surface area contributed by atoms with Crippen molar-refractivity contribution in [2.24, 2.45) is 0 Å². The third kappa shape index (κ3) is 3.72. The molecule has 1 rings (SSSR count). The molecule has 0 bridgehead atoms. The van der Waals surface area contributed by atoms with Gasteiger partial charge in [-0.25, -0.2) is 0 Å². The number of ether oxygens (including phenoxy) is 2. The predicted molar refractivity (Wildman–Crippen MR) is 44.8 cm³/mol. The summed E-state index contributed by atoms with van der Waals surface area (Å²) in [5.41, 5.74) is 0. The zero-order valence-corrected chi connectivity index (χ0v) is 7.33. The third-order valence-electron chi connectivity index (χ3n) is 2.13. The number of hydrogen-bond acceptors (Lipinski definition) is 3. The summed E-state index contributed by atoms with van der Waals surface area (Å²) in [4.78, 5) is 9.80. The minimum absolute atomic E-state index is 0.411. The summed E-state index contributed by atoms with van der Waals surface area (Å²) in [6.45, 7) is 1.93. The SMILES string of the molecule is O=COCCCC1CCCCO1. The number of carbonyl (C=O) groups is 1. The zero-order chi connectivity index (χ0) is 8.65. The van der Waals surface area contributed by atoms with E-state index < -0.39 is 0 Å². The van der Waals surface area contributed by atoms with E-state index in [9.17, 15) is 4.79 Å². The molecular weight excluding hydrogens is 156 g/mol. The standard InChI is InChI=1S/C9H16O3/c10-8-11-6-3-5-9-4-1-2-7-12-9/h8-9H,1-7H2. The Morgan fingerprint density at radius 3 is 3.08 bits per heavy atom. The van der Waals surface area contributed by atoms with Gasteiger partial charge in [0.05, 0.1) is 12.7 Å². The van der Waals surface area contributed by atoms with Crippen LogP contribution < -0.4 is 0 Å². The van der Waals surface area contributed by atoms with Gasteiger partial charge in [-0.3, -0.25) is 4.79 Å². The molecule has 1 heterocycles. The van der Waals surface area contributed by atoms with Crippen LogP contribution in [0.1, 0.15) is 32.1 Å². The molecule has 0 saturated carbocycles. The van der Waals surface area contributed by atoms with Crippen LogP contribution in [0.15, 0.2) is 0 Å². The lowest BCUT2D eigenvalue weighted by atomic mass is 10.1. The molecule has 1 aliphatic rings. The molecular formula is C9H16O3. The molecule has 0 N–H and O–H groups in total. The highest BCUT2D eigenvalue weighted by atomic mass is 16.5. The van der Waals surface area contributed by atoms with Crippen LogP contribution in [0, 0.1) is 0 Å². The average molecular weight is 172 g/mol. The van der Waals surface area contributed by atoms with Crippen LogP contribution in [0.5, 0.6) is 0 Å². The van der Waals surface area contributed by atoms with E-state index in [1.807, 2.05) is 0 Å². The van der Waals surface area contributed by atoms with E-state index in [4.69, 9.17) is 4.74 Å². The van der Waals surface area contributed by atoms with Gasteiger partial charge in [0.15, 0.2) is 0 Å². The highest BCUT2D eigenvalue weighted by molar-refractivity contribution is 5.36. The Labute approximate surface area is 73.0 Å². The second kappa shape index (κ2) is 6.00. The van der Waals surface area contributed by atoms with Gasteiger partial charge in [0.25, 0.3) is 6.47 Å². The Hall–Kier alpha value is -0.570. The van der Waals surface area contributed by atoms with Crippen LogP contribution in [-0.4, -0.2) is 25.8 Å². The van der Waals surface area contributed by atoms with Gasteiger partial charge in [0.1, 0.15) is 0 Å². The second-order valence-electron chi connectivity index (χ2n) is 3.10. The largest absolute Gasteiger partial charge is 0.468 e. The zero-order valence-electron chi connectivity index (χ0n) is 7.33. The van der Waals surface area contributed by atoms with Crippen molar-refractivity contribution >= 4 is 6.47 Å². The number of carbonyl (C=O) groups excluding carboxylic acids is 1. The average Bonchev–Trinajstić information content (AvgIpc) is 2.14. The van der Waals surface area contributed by atoms with Crippen molar-refractivity contribution in [2.45, 2.75) is 38.2 Å². The van der Waals surface area contributed by atoms with Crippen molar-refractivity contribution in [3.8, 4) is 0 Å². The summed E-state index contributed by atoms with van der Waals surface area (Å²) < 4.78 is 10.1. The smallest absolute Gasteiger partial charge is 0.293 e. The van der Waals surface area contributed by atoms with Gasteiger partial charge < -0.3 is 9.47 Å². The molecule has 12 heavy (non-hydrogen) atoms. The topological polar surface area (TPSA) is 35.5 Å². The van der Waals surface area contributed by atoms with E-state index in [0.29, 0.717) is 19.2 Å². The van der Waals surface area contributed by atoms with Gasteiger partial charge in [-0.1, -0.05) is 0 Å². The molecule has 0 amide bonds. The lowest BCUT2D eigenvalue weighted by Crippen LogP contribution is -2.19. The van der Waals surface area contributed by atoms with Gasteiger partial charge in [-0.2, -0.15) is 0 Å². The summed E-state index contributed by atoms with van der Waals surface area (Å²) in [7, 11) is 0. The van der Waals surface area contributed by atoms with Crippen LogP contribution >= 0.6 is 0 Å². The minimum atomic E-state index is 0.411. The fourth-order valence-electron chi connectivity index (χ4n) is 1.48. The summed E-state index contributed by atoms with van der Waals surface area (Å²) in [5, 5.41) is 0. The molecule has 1 aliphatic heterocycles. The van der Waals surface area contributed by atoms with Crippen LogP contribution in [0.2, 0.25) is 0 Å². The van der Waals surface area contributed by atoms with Crippen molar-refractivity contribution in [3.63, 3.8) is 0 Å². The molecule has 1 fully saturated rings. The van der Waals surface area contributed by atoms with Gasteiger partial charge in [0.2, 0.25) is 0 Å². The van der Waals surface area contributed by atoms with E-state index in [2.05, 4.69) is 4.74 Å². The molecule has 1 saturated heterocycles. The molecule has 1 unspecified atom stereocenters. The molecule has 0 aromatic rings. The molecule has 0 radical (unpaired) electrons. The first-order chi connectivity index (χ1) is 5.93. The molecule has 0 spiro atoms. The second-order valence-corrected chi connectivity index (χ2v) is 3.10. The molecule has 3 heteroatoms. The predicted octanol–water partition coefficient (Wildman–Crippen LogP) is 1.51. The van der Waals surface area contributed by atoms with E-state index in [0.717, 1.165) is 19.4 Å². The first-order valence-electron chi connectivity index (χ1n) is 4.60. The van der Waals surface area contributed by atoms with Crippen molar-refractivity contribution in [3.05, 3.63) is 0 Å². The van der Waals surface area contributed by atoms with Crippen molar-refractivity contribution in [1.29, 1.82) is 0 Å². The van der Waals surface area contributed by atoms with Crippen molar-refractivity contribution in [2.75, 3.05) is 13.2 Å². The van der Waals surface area contributed by atoms with Crippen molar-refractivity contribution < 1.29 is 14.3 Å². The fraction of sp³-hybridized carbons (Fsp3) is 0.889. The lowest BCUT2D eigenvalue weighted by molar-refractivity contribution is -0.129. The van der Waals surface area contributed by atoms with Gasteiger partial charge in [-0.05, 0) is 32.1 Å². The highest BCUT2D eigenvalue weighted by Gasteiger charge is 2.12. The summed E-state index contributed by atoms with van der Waals surface area (Å²) in [5.74, 6) is 0. The summed E-state index contributed by atoms with van der Waals surface area (Å²) in [6, 6.07) is 0. The Bertz CT molecular complexity index is 119. The van der Waals surface area contributed by atoms with Gasteiger partial charge in [0, 0.05) is 6.61 Å². The molecule has 3 nitrogen and oxygen atoms in total.